The number of carbonyl (C=O) groups excluding carboxylic acids is 1. The van der Waals surface area contributed by atoms with Crippen LogP contribution in [0.4, 0.5) is 17.6 Å². The fourth-order valence-electron chi connectivity index (χ4n) is 3.86. The summed E-state index contributed by atoms with van der Waals surface area (Å²) in [5.74, 6) is 1.94. The van der Waals surface area contributed by atoms with Gasteiger partial charge in [-0.2, -0.15) is 15.0 Å². The van der Waals surface area contributed by atoms with E-state index < -0.39 is 5.24 Å². The minimum absolute atomic E-state index is 0.195. The Balaban J connectivity index is 1.57. The van der Waals surface area contributed by atoms with Gasteiger partial charge < -0.3 is 24.8 Å². The van der Waals surface area contributed by atoms with Crippen molar-refractivity contribution < 1.29 is 19.0 Å². The molecule has 0 saturated carbocycles. The number of nitrogens with zero attached hydrogens (tertiary/aromatic N) is 3. The summed E-state index contributed by atoms with van der Waals surface area (Å²) >= 11 is 5.79. The lowest BCUT2D eigenvalue weighted by molar-refractivity contribution is 0.107. The minimum Gasteiger partial charge on any atom is -0.494 e. The number of halogens is 1. The van der Waals surface area contributed by atoms with Gasteiger partial charge in [-0.25, -0.2) is 0 Å². The molecule has 2 aromatic carbocycles. The summed E-state index contributed by atoms with van der Waals surface area (Å²) in [6, 6.07) is 13.3. The van der Waals surface area contributed by atoms with Gasteiger partial charge in [0.15, 0.2) is 0 Å². The number of nitrogens with one attached hydrogen (secondary N) is 2. The molecule has 0 saturated heterocycles. The molecule has 3 heterocycles. The first kappa shape index (κ1) is 26.5. The minimum atomic E-state index is -0.570. The number of rotatable bonds is 3. The topological polar surface area (TPSA) is 107 Å². The predicted molar refractivity (Wildman–Crippen MR) is 143 cm³/mol. The molecule has 2 aliphatic heterocycles. The largest absolute Gasteiger partial charge is 0.494 e. The van der Waals surface area contributed by atoms with Gasteiger partial charge in [0, 0.05) is 18.3 Å². The van der Waals surface area contributed by atoms with Crippen molar-refractivity contribution in [3.8, 4) is 17.5 Å². The van der Waals surface area contributed by atoms with Gasteiger partial charge in [-0.15, -0.1) is 0 Å². The van der Waals surface area contributed by atoms with Crippen molar-refractivity contribution in [3.05, 3.63) is 53.6 Å². The van der Waals surface area contributed by atoms with E-state index in [0.717, 1.165) is 49.8 Å². The van der Waals surface area contributed by atoms with Crippen LogP contribution in [0.5, 0.6) is 17.5 Å². The molecule has 0 spiro atoms. The van der Waals surface area contributed by atoms with Crippen molar-refractivity contribution in [2.45, 2.75) is 52.0 Å². The third kappa shape index (κ3) is 8.21. The molecule has 0 fully saturated rings. The molecule has 0 amide bonds. The molecule has 6 bridgehead atoms. The first-order valence-corrected chi connectivity index (χ1v) is 13.1. The summed E-state index contributed by atoms with van der Waals surface area (Å²) in [6.07, 6.45) is 6.34. The van der Waals surface area contributed by atoms with E-state index in [2.05, 4.69) is 25.6 Å². The zero-order valence-corrected chi connectivity index (χ0v) is 21.7. The zero-order valence-electron chi connectivity index (χ0n) is 21.0. The maximum Gasteiger partial charge on any atom is 0.323 e. The third-order valence-corrected chi connectivity index (χ3v) is 5.98. The average molecular weight is 526 g/mol. The van der Waals surface area contributed by atoms with Crippen LogP contribution in [0.1, 0.15) is 61.4 Å². The summed E-state index contributed by atoms with van der Waals surface area (Å²) in [6.45, 7) is 3.98. The second-order valence-corrected chi connectivity index (χ2v) is 8.97. The molecule has 5 rings (SSSR count). The number of carbonyl (C=O) groups is 1. The molecule has 37 heavy (non-hydrogen) atoms. The molecular formula is C27H32ClN5O4. The Labute approximate surface area is 221 Å². The van der Waals surface area contributed by atoms with E-state index in [1.54, 1.807) is 18.2 Å². The Morgan fingerprint density at radius 2 is 1.62 bits per heavy atom. The highest BCUT2D eigenvalue weighted by Gasteiger charge is 2.14. The van der Waals surface area contributed by atoms with Crippen LogP contribution >= 0.6 is 11.6 Å². The SMILES string of the molecule is CCOc1nc2nc(n1)Nc1ccc(C(=O)Cl)c(c1)OCCCCCCCCOc1ccc(cc1)CN2. The number of hydrogen-bond donors (Lipinski definition) is 2. The van der Waals surface area contributed by atoms with Crippen molar-refractivity contribution in [2.75, 3.05) is 30.5 Å². The van der Waals surface area contributed by atoms with E-state index in [4.69, 9.17) is 25.8 Å². The summed E-state index contributed by atoms with van der Waals surface area (Å²) in [5.41, 5.74) is 2.02. The number of fused-ring (bicyclic) bond motifs is 12. The molecule has 2 aliphatic rings. The first-order chi connectivity index (χ1) is 18.1. The van der Waals surface area contributed by atoms with Crippen LogP contribution < -0.4 is 24.8 Å². The molecular weight excluding hydrogens is 494 g/mol. The van der Waals surface area contributed by atoms with Gasteiger partial charge >= 0.3 is 6.01 Å². The van der Waals surface area contributed by atoms with Crippen molar-refractivity contribution >= 4 is 34.4 Å². The maximum atomic E-state index is 11.9. The summed E-state index contributed by atoms with van der Waals surface area (Å²) < 4.78 is 17.4. The fraction of sp³-hybridized carbons (Fsp3) is 0.407. The number of aromatic nitrogens is 3. The van der Waals surface area contributed by atoms with Gasteiger partial charge in [0.25, 0.3) is 5.24 Å². The van der Waals surface area contributed by atoms with Crippen LogP contribution in [-0.2, 0) is 6.54 Å². The molecule has 0 atom stereocenters. The van der Waals surface area contributed by atoms with Crippen molar-refractivity contribution in [1.82, 2.24) is 15.0 Å². The summed E-state index contributed by atoms with van der Waals surface area (Å²) in [5, 5.41) is 5.81. The molecule has 10 heteroatoms. The Bertz CT molecular complexity index is 1180. The highest BCUT2D eigenvalue weighted by atomic mass is 35.5. The molecule has 196 valence electrons. The Kier molecular flexibility index (Phi) is 9.76. The van der Waals surface area contributed by atoms with Crippen molar-refractivity contribution in [2.24, 2.45) is 0 Å². The number of hydrogen-bond acceptors (Lipinski definition) is 9. The van der Waals surface area contributed by atoms with E-state index in [9.17, 15) is 4.79 Å². The zero-order chi connectivity index (χ0) is 25.9. The van der Waals surface area contributed by atoms with E-state index >= 15 is 0 Å². The molecule has 0 unspecified atom stereocenters. The van der Waals surface area contributed by atoms with Crippen molar-refractivity contribution in [1.29, 1.82) is 0 Å². The lowest BCUT2D eigenvalue weighted by atomic mass is 10.1. The van der Waals surface area contributed by atoms with Gasteiger partial charge in [-0.3, -0.25) is 4.79 Å². The van der Waals surface area contributed by atoms with Gasteiger partial charge in [0.05, 0.1) is 25.4 Å². The van der Waals surface area contributed by atoms with Crippen LogP contribution in [0.2, 0.25) is 0 Å². The van der Waals surface area contributed by atoms with E-state index in [1.165, 1.54) is 0 Å². The number of benzene rings is 2. The highest BCUT2D eigenvalue weighted by Crippen LogP contribution is 2.27. The lowest BCUT2D eigenvalue weighted by Gasteiger charge is -2.13. The smallest absolute Gasteiger partial charge is 0.323 e. The molecule has 3 aromatic rings. The Hall–Kier alpha value is -3.59. The Morgan fingerprint density at radius 3 is 2.35 bits per heavy atom. The summed E-state index contributed by atoms with van der Waals surface area (Å²) in [4.78, 5) is 25.1. The van der Waals surface area contributed by atoms with Crippen LogP contribution in [0, 0.1) is 0 Å². The molecule has 2 N–H and O–H groups in total. The van der Waals surface area contributed by atoms with Gasteiger partial charge in [-0.1, -0.05) is 37.8 Å². The van der Waals surface area contributed by atoms with Gasteiger partial charge in [0.1, 0.15) is 11.5 Å². The van der Waals surface area contributed by atoms with Crippen LogP contribution in [0.25, 0.3) is 0 Å². The normalized spacial score (nSPS) is 14.9. The van der Waals surface area contributed by atoms with Crippen molar-refractivity contribution in [3.63, 3.8) is 0 Å². The maximum absolute atomic E-state index is 11.9. The van der Waals surface area contributed by atoms with Crippen LogP contribution in [0.3, 0.4) is 0 Å². The molecule has 9 nitrogen and oxygen atoms in total. The Morgan fingerprint density at radius 1 is 0.919 bits per heavy atom. The first-order valence-electron chi connectivity index (χ1n) is 12.7. The van der Waals surface area contributed by atoms with Crippen LogP contribution in [-0.4, -0.2) is 40.0 Å². The van der Waals surface area contributed by atoms with E-state index in [-0.39, 0.29) is 6.01 Å². The van der Waals surface area contributed by atoms with Crippen LogP contribution in [0.15, 0.2) is 42.5 Å². The number of anilines is 3. The predicted octanol–water partition coefficient (Wildman–Crippen LogP) is 6.12. The molecule has 1 aromatic heterocycles. The fourth-order valence-corrected chi connectivity index (χ4v) is 4.02. The summed E-state index contributed by atoms with van der Waals surface area (Å²) in [7, 11) is 0. The highest BCUT2D eigenvalue weighted by molar-refractivity contribution is 6.68. The quantitative estimate of drug-likeness (QED) is 0.391. The van der Waals surface area contributed by atoms with Gasteiger partial charge in [0.2, 0.25) is 11.9 Å². The second kappa shape index (κ2) is 13.6. The lowest BCUT2D eigenvalue weighted by Crippen LogP contribution is -2.10. The average Bonchev–Trinajstić information content (AvgIpc) is 2.89. The van der Waals surface area contributed by atoms with E-state index in [0.29, 0.717) is 55.3 Å². The molecule has 0 radical (unpaired) electrons. The number of ether oxygens (including phenoxy) is 3. The molecule has 0 aliphatic carbocycles. The van der Waals surface area contributed by atoms with E-state index in [1.807, 2.05) is 31.2 Å². The van der Waals surface area contributed by atoms with Gasteiger partial charge in [-0.05, 0) is 61.2 Å². The monoisotopic (exact) mass is 525 g/mol. The second-order valence-electron chi connectivity index (χ2n) is 8.62. The standard InChI is InChI=1S/C27H32ClN5O4/c1-2-35-27-32-25-29-18-19-9-12-21(13-10-19)36-15-7-5-3-4-6-8-16-37-23-17-20(30-26(31-25)33-27)11-14-22(23)24(28)34/h9-14,17H,2-8,15-16,18H2,1H3,(H2,29,30,31,32,33). The third-order valence-electron chi connectivity index (χ3n) is 5.78.